The summed E-state index contributed by atoms with van der Waals surface area (Å²) in [6.45, 7) is 0.321. The van der Waals surface area contributed by atoms with E-state index in [0.717, 1.165) is 32.1 Å². The van der Waals surface area contributed by atoms with Gasteiger partial charge in [-0.1, -0.05) is 30.3 Å². The van der Waals surface area contributed by atoms with Crippen molar-refractivity contribution >= 4 is 56.0 Å². The largest absolute Gasteiger partial charge is 0.354 e. The molecule has 0 heterocycles. The van der Waals surface area contributed by atoms with Crippen LogP contribution in [0.15, 0.2) is 54.6 Å². The third-order valence-corrected chi connectivity index (χ3v) is 6.68. The zero-order chi connectivity index (χ0) is 19.7. The Morgan fingerprint density at radius 2 is 1.78 bits per heavy atom. The van der Waals surface area contributed by atoms with Crippen molar-refractivity contribution in [1.29, 1.82) is 0 Å². The zero-order valence-electron chi connectivity index (χ0n) is 15.1. The van der Waals surface area contributed by atoms with Crippen molar-refractivity contribution < 1.29 is 13.2 Å². The number of rotatable bonds is 10. The van der Waals surface area contributed by atoms with Crippen molar-refractivity contribution in [3.05, 3.63) is 63.7 Å². The van der Waals surface area contributed by atoms with Gasteiger partial charge < -0.3 is 5.32 Å². The summed E-state index contributed by atoms with van der Waals surface area (Å²) in [6.07, 6.45) is 1.95. The first-order chi connectivity index (χ1) is 12.9. The van der Waals surface area contributed by atoms with Crippen LogP contribution in [-0.4, -0.2) is 39.4 Å². The molecule has 2 aromatic carbocycles. The predicted octanol–water partition coefficient (Wildman–Crippen LogP) is 3.50. The Balaban J connectivity index is 1.74. The number of hydrogen-bond donors (Lipinski definition) is 1. The van der Waals surface area contributed by atoms with Crippen molar-refractivity contribution in [2.24, 2.45) is 0 Å². The van der Waals surface area contributed by atoms with Crippen LogP contribution >= 0.6 is 34.4 Å². The summed E-state index contributed by atoms with van der Waals surface area (Å²) >= 11 is 3.97. The summed E-state index contributed by atoms with van der Waals surface area (Å²) in [4.78, 5) is 12.2. The van der Waals surface area contributed by atoms with Crippen LogP contribution in [0.5, 0.6) is 0 Å². The molecule has 0 aliphatic rings. The van der Waals surface area contributed by atoms with E-state index in [1.54, 1.807) is 12.1 Å². The van der Waals surface area contributed by atoms with Crippen LogP contribution in [0.1, 0.15) is 12.0 Å². The second-order valence-corrected chi connectivity index (χ2v) is 10.2. The minimum absolute atomic E-state index is 0.212. The number of carbonyl (C=O) groups is 1. The summed E-state index contributed by atoms with van der Waals surface area (Å²) in [5, 5.41) is 2.81. The molecule has 0 bridgehead atoms. The van der Waals surface area contributed by atoms with Crippen LogP contribution in [0.4, 0.5) is 5.69 Å². The quantitative estimate of drug-likeness (QED) is 0.387. The van der Waals surface area contributed by atoms with E-state index in [-0.39, 0.29) is 12.5 Å². The lowest BCUT2D eigenvalue weighted by molar-refractivity contribution is -0.119. The Labute approximate surface area is 179 Å². The van der Waals surface area contributed by atoms with Gasteiger partial charge in [0.15, 0.2) is 0 Å². The summed E-state index contributed by atoms with van der Waals surface area (Å²) in [7, 11) is -3.53. The van der Waals surface area contributed by atoms with Gasteiger partial charge in [-0.15, -0.1) is 0 Å². The Bertz CT molecular complexity index is 828. The lowest BCUT2D eigenvalue weighted by Crippen LogP contribution is -2.40. The molecule has 0 aromatic heterocycles. The number of carbonyl (C=O) groups excluding carboxylic acids is 1. The molecule has 0 saturated carbocycles. The second-order valence-electron chi connectivity index (χ2n) is 5.99. The molecular weight excluding hydrogens is 495 g/mol. The summed E-state index contributed by atoms with van der Waals surface area (Å²) in [5.41, 5.74) is 1.78. The summed E-state index contributed by atoms with van der Waals surface area (Å²) in [6, 6.07) is 17.3. The van der Waals surface area contributed by atoms with Gasteiger partial charge in [0.1, 0.15) is 6.54 Å². The molecule has 27 heavy (non-hydrogen) atoms. The van der Waals surface area contributed by atoms with E-state index in [2.05, 4.69) is 40.0 Å². The number of halogens is 1. The Hall–Kier alpha value is -1.26. The molecular formula is C19H23IN2O3S2. The van der Waals surface area contributed by atoms with Gasteiger partial charge in [-0.2, -0.15) is 11.8 Å². The minimum atomic E-state index is -3.53. The maximum Gasteiger partial charge on any atom is 0.240 e. The number of sulfonamides is 1. The van der Waals surface area contributed by atoms with Gasteiger partial charge in [0.05, 0.1) is 11.9 Å². The number of benzene rings is 2. The maximum absolute atomic E-state index is 12.2. The van der Waals surface area contributed by atoms with E-state index in [0.29, 0.717) is 12.2 Å². The van der Waals surface area contributed by atoms with Crippen molar-refractivity contribution in [3.63, 3.8) is 0 Å². The van der Waals surface area contributed by atoms with Crippen LogP contribution in [0, 0.1) is 3.57 Å². The highest BCUT2D eigenvalue weighted by atomic mass is 127. The van der Waals surface area contributed by atoms with Crippen molar-refractivity contribution in [2.75, 3.05) is 29.4 Å². The number of nitrogens with one attached hydrogen (secondary N) is 1. The van der Waals surface area contributed by atoms with E-state index in [1.807, 2.05) is 42.1 Å². The first kappa shape index (κ1) is 22.0. The van der Waals surface area contributed by atoms with E-state index in [1.165, 1.54) is 5.56 Å². The lowest BCUT2D eigenvalue weighted by atomic mass is 10.2. The third-order valence-electron chi connectivity index (χ3n) is 3.70. The van der Waals surface area contributed by atoms with Gasteiger partial charge in [0.25, 0.3) is 0 Å². The Kier molecular flexibility index (Phi) is 8.91. The van der Waals surface area contributed by atoms with Gasteiger partial charge in [-0.3, -0.25) is 9.10 Å². The van der Waals surface area contributed by atoms with Gasteiger partial charge >= 0.3 is 0 Å². The molecule has 5 nitrogen and oxygen atoms in total. The maximum atomic E-state index is 12.2. The molecule has 2 rings (SSSR count). The first-order valence-corrected chi connectivity index (χ1v) is 12.6. The highest BCUT2D eigenvalue weighted by Gasteiger charge is 2.20. The fourth-order valence-corrected chi connectivity index (χ4v) is 4.50. The second kappa shape index (κ2) is 10.9. The average molecular weight is 518 g/mol. The third kappa shape index (κ3) is 8.10. The molecule has 1 N–H and O–H groups in total. The topological polar surface area (TPSA) is 66.5 Å². The summed E-state index contributed by atoms with van der Waals surface area (Å²) in [5.74, 6) is 1.58. The number of amides is 1. The highest BCUT2D eigenvalue weighted by molar-refractivity contribution is 14.1. The van der Waals surface area contributed by atoms with Crippen molar-refractivity contribution in [3.8, 4) is 0 Å². The van der Waals surface area contributed by atoms with Crippen LogP contribution in [0.3, 0.4) is 0 Å². The van der Waals surface area contributed by atoms with Crippen LogP contribution < -0.4 is 9.62 Å². The molecule has 0 saturated heterocycles. The molecule has 0 radical (unpaired) electrons. The molecule has 0 fully saturated rings. The molecule has 1 amide bonds. The lowest BCUT2D eigenvalue weighted by Gasteiger charge is -2.22. The van der Waals surface area contributed by atoms with Crippen LogP contribution in [-0.2, 0) is 20.6 Å². The summed E-state index contributed by atoms with van der Waals surface area (Å²) < 4.78 is 26.2. The molecule has 0 atom stereocenters. The monoisotopic (exact) mass is 518 g/mol. The zero-order valence-corrected chi connectivity index (χ0v) is 18.9. The molecule has 0 aliphatic carbocycles. The molecule has 0 aliphatic heterocycles. The van der Waals surface area contributed by atoms with Gasteiger partial charge in [0, 0.05) is 15.9 Å². The highest BCUT2D eigenvalue weighted by Crippen LogP contribution is 2.19. The van der Waals surface area contributed by atoms with E-state index < -0.39 is 10.0 Å². The first-order valence-electron chi connectivity index (χ1n) is 8.48. The van der Waals surface area contributed by atoms with Crippen molar-refractivity contribution in [1.82, 2.24) is 5.32 Å². The van der Waals surface area contributed by atoms with Gasteiger partial charge in [0.2, 0.25) is 15.9 Å². The molecule has 0 unspecified atom stereocenters. The average Bonchev–Trinajstić information content (AvgIpc) is 2.63. The van der Waals surface area contributed by atoms with Crippen LogP contribution in [0.2, 0.25) is 0 Å². The van der Waals surface area contributed by atoms with Crippen LogP contribution in [0.25, 0.3) is 0 Å². The van der Waals surface area contributed by atoms with Gasteiger partial charge in [-0.25, -0.2) is 8.42 Å². The van der Waals surface area contributed by atoms with Gasteiger partial charge in [-0.05, 0) is 64.6 Å². The Morgan fingerprint density at radius 1 is 1.11 bits per heavy atom. The number of nitrogens with zero attached hydrogens (tertiary/aromatic N) is 1. The predicted molar refractivity (Wildman–Crippen MR) is 122 cm³/mol. The van der Waals surface area contributed by atoms with E-state index in [9.17, 15) is 13.2 Å². The molecule has 8 heteroatoms. The molecule has 2 aromatic rings. The van der Waals surface area contributed by atoms with Crippen molar-refractivity contribution in [2.45, 2.75) is 12.2 Å². The standard InChI is InChI=1S/C19H23IN2O3S2/c1-27(24,25)22(18-10-8-17(20)9-11-18)14-19(23)21-12-5-13-26-15-16-6-3-2-4-7-16/h2-4,6-11H,5,12-15H2,1H3,(H,21,23). The number of hydrogen-bond acceptors (Lipinski definition) is 4. The number of thioether (sulfide) groups is 1. The SMILES string of the molecule is CS(=O)(=O)N(CC(=O)NCCCSCc1ccccc1)c1ccc(I)cc1. The molecule has 146 valence electrons. The van der Waals surface area contributed by atoms with E-state index in [4.69, 9.17) is 0 Å². The fourth-order valence-electron chi connectivity index (χ4n) is 2.36. The number of anilines is 1. The Morgan fingerprint density at radius 3 is 2.41 bits per heavy atom. The normalized spacial score (nSPS) is 11.2. The van der Waals surface area contributed by atoms with E-state index >= 15 is 0 Å². The smallest absolute Gasteiger partial charge is 0.240 e. The minimum Gasteiger partial charge on any atom is -0.354 e. The molecule has 0 spiro atoms. The fraction of sp³-hybridized carbons (Fsp3) is 0.316.